The van der Waals surface area contributed by atoms with Crippen molar-refractivity contribution in [1.82, 2.24) is 0 Å². The first-order chi connectivity index (χ1) is 17.7. The minimum absolute atomic E-state index is 0.373. The maximum atomic E-state index is 6.82. The molecule has 0 aliphatic heterocycles. The van der Waals surface area contributed by atoms with E-state index < -0.39 is 0 Å². The highest BCUT2D eigenvalue weighted by molar-refractivity contribution is 6.31. The lowest BCUT2D eigenvalue weighted by Crippen LogP contribution is -2.16. The van der Waals surface area contributed by atoms with Gasteiger partial charge in [-0.25, -0.2) is 0 Å². The Bertz CT molecular complexity index is 1330. The first-order valence-electron chi connectivity index (χ1n) is 13.6. The second kappa shape index (κ2) is 10.4. The molecule has 3 heteroatoms. The molecule has 3 aliphatic carbocycles. The van der Waals surface area contributed by atoms with Gasteiger partial charge in [0.25, 0.3) is 0 Å². The number of allylic oxidation sites excluding steroid dienone is 4. The maximum Gasteiger partial charge on any atom is 0.124 e. The average molecular weight is 499 g/mol. The molecule has 3 aliphatic rings. The SMILES string of the molecule is COCCOc1cccc(Cl)c1CC1CC2=C(C=CCC2)c2ccc3c(C4CCCC4)cccc3c21. The second-order valence-electron chi connectivity index (χ2n) is 10.6. The molecule has 0 saturated heterocycles. The number of rotatable bonds is 7. The summed E-state index contributed by atoms with van der Waals surface area (Å²) < 4.78 is 11.4. The Hall–Kier alpha value is -2.55. The van der Waals surface area contributed by atoms with Gasteiger partial charge in [0.05, 0.1) is 6.61 Å². The number of hydrogen-bond donors (Lipinski definition) is 0. The maximum absolute atomic E-state index is 6.82. The summed E-state index contributed by atoms with van der Waals surface area (Å²) in [7, 11) is 1.70. The van der Waals surface area contributed by atoms with Crippen LogP contribution in [0.25, 0.3) is 16.3 Å². The highest BCUT2D eigenvalue weighted by atomic mass is 35.5. The van der Waals surface area contributed by atoms with E-state index in [1.807, 2.05) is 12.1 Å². The van der Waals surface area contributed by atoms with E-state index in [1.54, 1.807) is 18.2 Å². The van der Waals surface area contributed by atoms with Crippen molar-refractivity contribution < 1.29 is 9.47 Å². The normalized spacial score (nSPS) is 19.6. The highest BCUT2D eigenvalue weighted by Gasteiger charge is 2.30. The van der Waals surface area contributed by atoms with Gasteiger partial charge in [0.1, 0.15) is 12.4 Å². The molecular weight excluding hydrogens is 464 g/mol. The molecule has 0 N–H and O–H groups in total. The summed E-state index contributed by atoms with van der Waals surface area (Å²) in [6, 6.07) is 17.9. The molecule has 0 spiro atoms. The van der Waals surface area contributed by atoms with Gasteiger partial charge in [0, 0.05) is 17.7 Å². The molecule has 1 unspecified atom stereocenters. The highest BCUT2D eigenvalue weighted by Crippen LogP contribution is 2.49. The predicted molar refractivity (Wildman–Crippen MR) is 150 cm³/mol. The third-order valence-corrected chi connectivity index (χ3v) is 8.83. The molecule has 1 fully saturated rings. The third-order valence-electron chi connectivity index (χ3n) is 8.47. The van der Waals surface area contributed by atoms with E-state index in [4.69, 9.17) is 21.1 Å². The minimum Gasteiger partial charge on any atom is -0.491 e. The van der Waals surface area contributed by atoms with Crippen LogP contribution in [0.4, 0.5) is 0 Å². The van der Waals surface area contributed by atoms with Gasteiger partial charge in [-0.05, 0) is 95.5 Å². The number of methoxy groups -OCH3 is 1. The van der Waals surface area contributed by atoms with Crippen molar-refractivity contribution in [3.8, 4) is 5.75 Å². The van der Waals surface area contributed by atoms with Crippen LogP contribution in [-0.2, 0) is 11.2 Å². The monoisotopic (exact) mass is 498 g/mol. The summed E-state index contributed by atoms with van der Waals surface area (Å²) in [4.78, 5) is 0. The summed E-state index contributed by atoms with van der Waals surface area (Å²) in [5.74, 6) is 1.95. The average Bonchev–Trinajstić information content (AvgIpc) is 3.45. The number of ether oxygens (including phenoxy) is 2. The van der Waals surface area contributed by atoms with Crippen LogP contribution in [0, 0.1) is 0 Å². The Labute approximate surface area is 220 Å². The fourth-order valence-corrected chi connectivity index (χ4v) is 7.05. The third kappa shape index (κ3) is 4.40. The number of hydrogen-bond acceptors (Lipinski definition) is 2. The van der Waals surface area contributed by atoms with Crippen LogP contribution < -0.4 is 4.74 Å². The molecule has 3 aromatic carbocycles. The molecule has 0 bridgehead atoms. The van der Waals surface area contributed by atoms with E-state index >= 15 is 0 Å². The van der Waals surface area contributed by atoms with Crippen molar-refractivity contribution in [2.24, 2.45) is 0 Å². The van der Waals surface area contributed by atoms with Crippen LogP contribution in [0.15, 0.2) is 66.3 Å². The lowest BCUT2D eigenvalue weighted by atomic mass is 9.71. The summed E-state index contributed by atoms with van der Waals surface area (Å²) in [6.07, 6.45) is 14.3. The zero-order valence-electron chi connectivity index (χ0n) is 21.2. The van der Waals surface area contributed by atoms with Crippen molar-refractivity contribution >= 4 is 27.9 Å². The standard InChI is InChI=1S/C33H35ClO2/c1-35-18-19-36-32-15-7-14-31(34)30(32)21-24-20-23-10-4-5-11-26(23)29-17-16-27-25(22-8-2-3-9-22)12-6-13-28(27)33(24)29/h5-7,11-17,22,24H,2-4,8-10,18-21H2,1H3. The fourth-order valence-electron chi connectivity index (χ4n) is 6.80. The minimum atomic E-state index is 0.373. The molecule has 1 saturated carbocycles. The summed E-state index contributed by atoms with van der Waals surface area (Å²) in [6.45, 7) is 1.09. The van der Waals surface area contributed by atoms with Crippen molar-refractivity contribution in [3.63, 3.8) is 0 Å². The number of fused-ring (bicyclic) bond motifs is 4. The Morgan fingerprint density at radius 1 is 0.944 bits per heavy atom. The molecule has 6 rings (SSSR count). The van der Waals surface area contributed by atoms with Gasteiger partial charge in [-0.2, -0.15) is 0 Å². The van der Waals surface area contributed by atoms with Crippen LogP contribution in [-0.4, -0.2) is 20.3 Å². The largest absolute Gasteiger partial charge is 0.491 e. The first-order valence-corrected chi connectivity index (χ1v) is 14.0. The topological polar surface area (TPSA) is 18.5 Å². The Morgan fingerprint density at radius 2 is 1.81 bits per heavy atom. The van der Waals surface area contributed by atoms with Crippen LogP contribution >= 0.6 is 11.6 Å². The number of halogens is 1. The lowest BCUT2D eigenvalue weighted by molar-refractivity contribution is 0.145. The molecule has 186 valence electrons. The van der Waals surface area contributed by atoms with Crippen LogP contribution in [0.1, 0.15) is 79.0 Å². The van der Waals surface area contributed by atoms with Crippen molar-refractivity contribution in [3.05, 3.63) is 93.5 Å². The van der Waals surface area contributed by atoms with Gasteiger partial charge in [-0.3, -0.25) is 0 Å². The van der Waals surface area contributed by atoms with E-state index in [-0.39, 0.29) is 0 Å². The van der Waals surface area contributed by atoms with Gasteiger partial charge in [0.2, 0.25) is 0 Å². The molecule has 0 heterocycles. The van der Waals surface area contributed by atoms with Gasteiger partial charge in [-0.1, -0.05) is 78.6 Å². The molecule has 0 amide bonds. The molecule has 0 radical (unpaired) electrons. The second-order valence-corrected chi connectivity index (χ2v) is 11.0. The van der Waals surface area contributed by atoms with E-state index in [1.165, 1.54) is 53.2 Å². The van der Waals surface area contributed by atoms with Crippen molar-refractivity contribution in [1.29, 1.82) is 0 Å². The Balaban J connectivity index is 1.47. The van der Waals surface area contributed by atoms with E-state index in [0.717, 1.165) is 42.0 Å². The molecule has 0 aromatic heterocycles. The van der Waals surface area contributed by atoms with Crippen LogP contribution in [0.5, 0.6) is 5.75 Å². The smallest absolute Gasteiger partial charge is 0.124 e. The molecule has 2 nitrogen and oxygen atoms in total. The van der Waals surface area contributed by atoms with Crippen LogP contribution in [0.3, 0.4) is 0 Å². The summed E-state index contributed by atoms with van der Waals surface area (Å²) in [5, 5.41) is 3.68. The van der Waals surface area contributed by atoms with Gasteiger partial charge in [-0.15, -0.1) is 0 Å². The van der Waals surface area contributed by atoms with Gasteiger partial charge < -0.3 is 9.47 Å². The zero-order chi connectivity index (χ0) is 24.5. The van der Waals surface area contributed by atoms with E-state index in [0.29, 0.717) is 25.0 Å². The fraction of sp³-hybridized carbons (Fsp3) is 0.394. The molecule has 3 aromatic rings. The predicted octanol–water partition coefficient (Wildman–Crippen LogP) is 9.01. The lowest BCUT2D eigenvalue weighted by Gasteiger charge is -2.33. The zero-order valence-corrected chi connectivity index (χ0v) is 21.9. The molecule has 36 heavy (non-hydrogen) atoms. The first kappa shape index (κ1) is 23.8. The van der Waals surface area contributed by atoms with Crippen molar-refractivity contribution in [2.45, 2.75) is 63.2 Å². The molecule has 1 atom stereocenters. The van der Waals surface area contributed by atoms with Crippen LogP contribution in [0.2, 0.25) is 5.02 Å². The quantitative estimate of drug-likeness (QED) is 0.302. The number of benzene rings is 3. The van der Waals surface area contributed by atoms with Crippen molar-refractivity contribution in [2.75, 3.05) is 20.3 Å². The Morgan fingerprint density at radius 3 is 2.67 bits per heavy atom. The van der Waals surface area contributed by atoms with Gasteiger partial charge in [0.15, 0.2) is 0 Å². The van der Waals surface area contributed by atoms with E-state index in [2.05, 4.69) is 48.6 Å². The van der Waals surface area contributed by atoms with Gasteiger partial charge >= 0.3 is 0 Å². The summed E-state index contributed by atoms with van der Waals surface area (Å²) in [5.41, 5.74) is 8.63. The molecular formula is C33H35ClO2. The Kier molecular flexibility index (Phi) is 6.91. The summed E-state index contributed by atoms with van der Waals surface area (Å²) >= 11 is 6.82. The van der Waals surface area contributed by atoms with E-state index in [9.17, 15) is 0 Å².